The Bertz CT molecular complexity index is 337. The van der Waals surface area contributed by atoms with Crippen molar-refractivity contribution in [3.63, 3.8) is 0 Å². The maximum Gasteiger partial charge on any atom is 0.315 e. The third-order valence-electron chi connectivity index (χ3n) is 1.73. The van der Waals surface area contributed by atoms with Gasteiger partial charge in [-0.05, 0) is 6.42 Å². The smallest absolute Gasteiger partial charge is 0.315 e. The molecule has 0 fully saturated rings. The van der Waals surface area contributed by atoms with Gasteiger partial charge in [0.25, 0.3) is 0 Å². The second-order valence-corrected chi connectivity index (χ2v) is 3.04. The van der Waals surface area contributed by atoms with Gasteiger partial charge in [-0.25, -0.2) is 9.78 Å². The van der Waals surface area contributed by atoms with E-state index in [1.54, 1.807) is 0 Å². The molecule has 0 bridgehead atoms. The van der Waals surface area contributed by atoms with Crippen LogP contribution in [0.25, 0.3) is 0 Å². The highest BCUT2D eigenvalue weighted by Crippen LogP contribution is 1.86. The Kier molecular flexibility index (Phi) is 4.77. The first-order valence-electron chi connectivity index (χ1n) is 4.76. The Labute approximate surface area is 91.5 Å². The third-order valence-corrected chi connectivity index (χ3v) is 1.73. The summed E-state index contributed by atoms with van der Waals surface area (Å²) in [4.78, 5) is 25.1. The van der Waals surface area contributed by atoms with Gasteiger partial charge in [-0.3, -0.25) is 9.89 Å². The molecule has 8 heteroatoms. The molecule has 4 N–H and O–H groups in total. The standard InChI is InChI=1S/C8H13N5O3/c14-7(15)2-1-3-9-8(16)10-4-6-11-5-12-13-6/h5H,1-4H2,(H,14,15)(H2,9,10,16)(H,11,12,13). The van der Waals surface area contributed by atoms with Crippen molar-refractivity contribution in [1.82, 2.24) is 25.8 Å². The Hall–Kier alpha value is -2.12. The van der Waals surface area contributed by atoms with Crippen LogP contribution in [-0.2, 0) is 11.3 Å². The zero-order valence-corrected chi connectivity index (χ0v) is 8.56. The molecule has 0 saturated carbocycles. The molecule has 0 atom stereocenters. The first kappa shape index (κ1) is 12.0. The van der Waals surface area contributed by atoms with E-state index in [-0.39, 0.29) is 19.0 Å². The molecule has 88 valence electrons. The molecule has 1 aromatic rings. The lowest BCUT2D eigenvalue weighted by Gasteiger charge is -2.04. The van der Waals surface area contributed by atoms with Gasteiger partial charge in [-0.1, -0.05) is 0 Å². The lowest BCUT2D eigenvalue weighted by Crippen LogP contribution is -2.35. The molecule has 0 aliphatic rings. The van der Waals surface area contributed by atoms with E-state index in [4.69, 9.17) is 5.11 Å². The summed E-state index contributed by atoms with van der Waals surface area (Å²) in [6, 6.07) is -0.359. The molecule has 1 aromatic heterocycles. The number of rotatable bonds is 6. The van der Waals surface area contributed by atoms with Crippen LogP contribution in [0.3, 0.4) is 0 Å². The minimum atomic E-state index is -0.871. The number of carboxylic acid groups (broad SMARTS) is 1. The highest BCUT2D eigenvalue weighted by molar-refractivity contribution is 5.73. The number of carboxylic acids is 1. The third kappa shape index (κ3) is 4.94. The fraction of sp³-hybridized carbons (Fsp3) is 0.500. The van der Waals surface area contributed by atoms with Crippen LogP contribution in [0.4, 0.5) is 4.79 Å². The van der Waals surface area contributed by atoms with Gasteiger partial charge in [0.15, 0.2) is 0 Å². The first-order chi connectivity index (χ1) is 7.68. The summed E-state index contributed by atoms with van der Waals surface area (Å²) in [5.41, 5.74) is 0. The van der Waals surface area contributed by atoms with Gasteiger partial charge in [0, 0.05) is 13.0 Å². The number of H-pyrrole nitrogens is 1. The van der Waals surface area contributed by atoms with Gasteiger partial charge in [-0.15, -0.1) is 0 Å². The van der Waals surface area contributed by atoms with Crippen LogP contribution in [0.5, 0.6) is 0 Å². The van der Waals surface area contributed by atoms with E-state index in [0.29, 0.717) is 18.8 Å². The Morgan fingerprint density at radius 1 is 1.44 bits per heavy atom. The van der Waals surface area contributed by atoms with Crippen LogP contribution >= 0.6 is 0 Å². The van der Waals surface area contributed by atoms with E-state index in [2.05, 4.69) is 25.8 Å². The average Bonchev–Trinajstić information content (AvgIpc) is 2.74. The number of aromatic amines is 1. The second-order valence-electron chi connectivity index (χ2n) is 3.04. The summed E-state index contributed by atoms with van der Waals surface area (Å²) in [5, 5.41) is 19.6. The van der Waals surface area contributed by atoms with Crippen LogP contribution < -0.4 is 10.6 Å². The van der Waals surface area contributed by atoms with Crippen molar-refractivity contribution in [2.24, 2.45) is 0 Å². The van der Waals surface area contributed by atoms with E-state index < -0.39 is 5.97 Å². The number of carbonyl (C=O) groups is 2. The summed E-state index contributed by atoms with van der Waals surface area (Å²) in [5.74, 6) is -0.315. The number of aliphatic carboxylic acids is 1. The van der Waals surface area contributed by atoms with E-state index >= 15 is 0 Å². The van der Waals surface area contributed by atoms with Gasteiger partial charge in [0.1, 0.15) is 12.2 Å². The normalized spacial score (nSPS) is 9.75. The van der Waals surface area contributed by atoms with Crippen molar-refractivity contribution in [3.05, 3.63) is 12.2 Å². The molecule has 0 unspecified atom stereocenters. The molecule has 1 rings (SSSR count). The number of hydrogen-bond donors (Lipinski definition) is 4. The van der Waals surface area contributed by atoms with Crippen molar-refractivity contribution >= 4 is 12.0 Å². The van der Waals surface area contributed by atoms with Crippen molar-refractivity contribution in [1.29, 1.82) is 0 Å². The maximum atomic E-state index is 11.2. The molecule has 0 aliphatic heterocycles. The topological polar surface area (TPSA) is 120 Å². The minimum Gasteiger partial charge on any atom is -0.481 e. The van der Waals surface area contributed by atoms with Crippen LogP contribution in [0.15, 0.2) is 6.33 Å². The predicted octanol–water partition coefficient (Wildman–Crippen LogP) is -0.531. The number of amides is 2. The SMILES string of the molecule is O=C(O)CCCNC(=O)NCc1ncn[nH]1. The highest BCUT2D eigenvalue weighted by atomic mass is 16.4. The summed E-state index contributed by atoms with van der Waals surface area (Å²) in [7, 11) is 0. The molecule has 2 amide bonds. The van der Waals surface area contributed by atoms with Crippen LogP contribution in [0.2, 0.25) is 0 Å². The van der Waals surface area contributed by atoms with E-state index in [1.807, 2.05) is 0 Å². The average molecular weight is 227 g/mol. The predicted molar refractivity (Wildman–Crippen MR) is 53.5 cm³/mol. The Morgan fingerprint density at radius 2 is 2.25 bits per heavy atom. The highest BCUT2D eigenvalue weighted by Gasteiger charge is 2.02. The zero-order chi connectivity index (χ0) is 11.8. The molecule has 0 aliphatic carbocycles. The number of aromatic nitrogens is 3. The minimum absolute atomic E-state index is 0.0440. The van der Waals surface area contributed by atoms with Crippen molar-refractivity contribution in [2.45, 2.75) is 19.4 Å². The molecule has 1 heterocycles. The molecule has 0 saturated heterocycles. The quantitative estimate of drug-likeness (QED) is 0.487. The number of nitrogens with zero attached hydrogens (tertiary/aromatic N) is 2. The number of carbonyl (C=O) groups excluding carboxylic acids is 1. The summed E-state index contributed by atoms with van der Waals surface area (Å²) in [6.45, 7) is 0.583. The molecular formula is C8H13N5O3. The van der Waals surface area contributed by atoms with Crippen LogP contribution in [0.1, 0.15) is 18.7 Å². The molecule has 0 spiro atoms. The van der Waals surface area contributed by atoms with E-state index in [0.717, 1.165) is 0 Å². The zero-order valence-electron chi connectivity index (χ0n) is 8.56. The molecular weight excluding hydrogens is 214 g/mol. The summed E-state index contributed by atoms with van der Waals surface area (Å²) in [6.07, 6.45) is 1.80. The van der Waals surface area contributed by atoms with Crippen molar-refractivity contribution in [2.75, 3.05) is 6.54 Å². The van der Waals surface area contributed by atoms with Gasteiger partial charge in [0.05, 0.1) is 6.54 Å². The lowest BCUT2D eigenvalue weighted by atomic mass is 10.3. The molecule has 8 nitrogen and oxygen atoms in total. The summed E-state index contributed by atoms with van der Waals surface area (Å²) < 4.78 is 0. The monoisotopic (exact) mass is 227 g/mol. The fourth-order valence-corrected chi connectivity index (χ4v) is 0.984. The van der Waals surface area contributed by atoms with Gasteiger partial charge in [-0.2, -0.15) is 5.10 Å². The van der Waals surface area contributed by atoms with Gasteiger partial charge >= 0.3 is 12.0 Å². The number of urea groups is 1. The molecule has 0 radical (unpaired) electrons. The van der Waals surface area contributed by atoms with E-state index in [9.17, 15) is 9.59 Å². The largest absolute Gasteiger partial charge is 0.481 e. The fourth-order valence-electron chi connectivity index (χ4n) is 0.984. The second kappa shape index (κ2) is 6.38. The van der Waals surface area contributed by atoms with Gasteiger partial charge in [0.2, 0.25) is 0 Å². The Balaban J connectivity index is 2.05. The summed E-state index contributed by atoms with van der Waals surface area (Å²) >= 11 is 0. The van der Waals surface area contributed by atoms with Crippen molar-refractivity contribution in [3.8, 4) is 0 Å². The maximum absolute atomic E-state index is 11.2. The van der Waals surface area contributed by atoms with E-state index in [1.165, 1.54) is 6.33 Å². The Morgan fingerprint density at radius 3 is 2.88 bits per heavy atom. The van der Waals surface area contributed by atoms with Crippen LogP contribution in [-0.4, -0.2) is 38.8 Å². The van der Waals surface area contributed by atoms with Crippen LogP contribution in [0, 0.1) is 0 Å². The van der Waals surface area contributed by atoms with Crippen molar-refractivity contribution < 1.29 is 14.7 Å². The number of nitrogens with one attached hydrogen (secondary N) is 3. The first-order valence-corrected chi connectivity index (χ1v) is 4.76. The molecule has 0 aromatic carbocycles. The number of hydrogen-bond acceptors (Lipinski definition) is 4. The molecule has 16 heavy (non-hydrogen) atoms. The van der Waals surface area contributed by atoms with Gasteiger partial charge < -0.3 is 15.7 Å². The lowest BCUT2D eigenvalue weighted by molar-refractivity contribution is -0.137.